The lowest BCUT2D eigenvalue weighted by molar-refractivity contribution is -0.124. The Kier molecular flexibility index (Phi) is 5.29. The molecule has 106 valence electrons. The van der Waals surface area contributed by atoms with Gasteiger partial charge in [0.1, 0.15) is 11.4 Å². The van der Waals surface area contributed by atoms with E-state index >= 15 is 0 Å². The summed E-state index contributed by atoms with van der Waals surface area (Å²) in [7, 11) is 3.86. The number of nitrogens with zero attached hydrogens (tertiary/aromatic N) is 1. The molecular weight excluding hydrogens is 269 g/mol. The van der Waals surface area contributed by atoms with E-state index in [0.717, 1.165) is 6.54 Å². The van der Waals surface area contributed by atoms with Crippen LogP contribution in [0.3, 0.4) is 0 Å². The summed E-state index contributed by atoms with van der Waals surface area (Å²) < 4.78 is 13.2. The van der Waals surface area contributed by atoms with Crippen molar-refractivity contribution in [1.29, 1.82) is 0 Å². The number of rotatable bonds is 6. The summed E-state index contributed by atoms with van der Waals surface area (Å²) in [6.45, 7) is 2.98. The maximum atomic E-state index is 13.2. The molecule has 4 nitrogen and oxygen atoms in total. The minimum absolute atomic E-state index is 0.0283. The number of hydrogen-bond acceptors (Lipinski definition) is 3. The molecule has 3 N–H and O–H groups in total. The molecule has 0 radical (unpaired) electrons. The molecule has 0 aliphatic carbocycles. The summed E-state index contributed by atoms with van der Waals surface area (Å²) in [5, 5.41) is 3.06. The lowest BCUT2D eigenvalue weighted by Gasteiger charge is -2.29. The highest BCUT2D eigenvalue weighted by Crippen LogP contribution is 2.25. The van der Waals surface area contributed by atoms with Crippen LogP contribution in [0.2, 0.25) is 5.02 Å². The van der Waals surface area contributed by atoms with E-state index in [4.69, 9.17) is 17.3 Å². The van der Waals surface area contributed by atoms with Gasteiger partial charge in [-0.3, -0.25) is 10.1 Å². The second-order valence-corrected chi connectivity index (χ2v) is 5.26. The zero-order valence-corrected chi connectivity index (χ0v) is 12.1. The molecule has 6 heteroatoms. The van der Waals surface area contributed by atoms with Crippen molar-refractivity contribution >= 4 is 17.5 Å². The van der Waals surface area contributed by atoms with Gasteiger partial charge in [-0.1, -0.05) is 17.7 Å². The summed E-state index contributed by atoms with van der Waals surface area (Å²) >= 11 is 5.75. The highest BCUT2D eigenvalue weighted by molar-refractivity contribution is 6.30. The topological polar surface area (TPSA) is 58.4 Å². The van der Waals surface area contributed by atoms with Crippen molar-refractivity contribution in [2.75, 3.05) is 27.2 Å². The van der Waals surface area contributed by atoms with E-state index in [1.807, 2.05) is 19.0 Å². The molecule has 0 bridgehead atoms. The van der Waals surface area contributed by atoms with Crippen LogP contribution in [0.25, 0.3) is 0 Å². The highest BCUT2D eigenvalue weighted by atomic mass is 35.5. The molecule has 1 rings (SSSR count). The lowest BCUT2D eigenvalue weighted by Crippen LogP contribution is -2.52. The number of halogens is 2. The first-order valence-corrected chi connectivity index (χ1v) is 6.30. The van der Waals surface area contributed by atoms with Crippen LogP contribution < -0.4 is 11.1 Å². The minimum atomic E-state index is -1.08. The first-order valence-electron chi connectivity index (χ1n) is 5.92. The van der Waals surface area contributed by atoms with E-state index in [0.29, 0.717) is 12.1 Å². The average Bonchev–Trinajstić information content (AvgIpc) is 2.31. The number of nitrogens with two attached hydrogens (primary N) is 1. The molecule has 1 aromatic carbocycles. The molecule has 0 saturated carbocycles. The second kappa shape index (κ2) is 6.32. The molecule has 0 fully saturated rings. The third-order valence-electron chi connectivity index (χ3n) is 3.03. The van der Waals surface area contributed by atoms with Crippen LogP contribution in [0.4, 0.5) is 4.39 Å². The van der Waals surface area contributed by atoms with Crippen LogP contribution in [-0.2, 0) is 10.3 Å². The number of carbonyl (C=O) groups excluding carboxylic acids is 1. The molecular formula is C13H19ClFN3O. The molecule has 0 spiro atoms. The maximum Gasteiger partial charge on any atom is 0.242 e. The van der Waals surface area contributed by atoms with E-state index in [-0.39, 0.29) is 5.02 Å². The Bertz CT molecular complexity index is 467. The number of nitrogens with one attached hydrogen (secondary N) is 1. The molecule has 0 aliphatic rings. The predicted molar refractivity (Wildman–Crippen MR) is 74.5 cm³/mol. The smallest absolute Gasteiger partial charge is 0.242 e. The van der Waals surface area contributed by atoms with Crippen molar-refractivity contribution in [2.45, 2.75) is 12.5 Å². The monoisotopic (exact) mass is 287 g/mol. The number of benzene rings is 1. The van der Waals surface area contributed by atoms with Crippen LogP contribution in [0.15, 0.2) is 18.2 Å². The van der Waals surface area contributed by atoms with Gasteiger partial charge in [0.2, 0.25) is 5.91 Å². The lowest BCUT2D eigenvalue weighted by atomic mass is 9.91. The molecule has 1 atom stereocenters. The summed E-state index contributed by atoms with van der Waals surface area (Å²) in [5.74, 6) is -1.06. The Morgan fingerprint density at radius 1 is 1.53 bits per heavy atom. The average molecular weight is 288 g/mol. The zero-order valence-electron chi connectivity index (χ0n) is 11.3. The Labute approximate surface area is 117 Å². The number of likely N-dealkylation sites (N-methyl/N-ethyl adjacent to an activating group) is 1. The normalized spacial score (nSPS) is 14.4. The Morgan fingerprint density at radius 2 is 2.16 bits per heavy atom. The molecule has 1 unspecified atom stereocenters. The minimum Gasteiger partial charge on any atom is -0.368 e. The van der Waals surface area contributed by atoms with Crippen molar-refractivity contribution in [3.63, 3.8) is 0 Å². The summed E-state index contributed by atoms with van der Waals surface area (Å²) in [6, 6.07) is 4.16. The van der Waals surface area contributed by atoms with Gasteiger partial charge in [-0.25, -0.2) is 4.39 Å². The summed E-state index contributed by atoms with van der Waals surface area (Å²) in [5.41, 5.74) is 4.93. The largest absolute Gasteiger partial charge is 0.368 e. The fraction of sp³-hybridized carbons (Fsp3) is 0.462. The van der Waals surface area contributed by atoms with Crippen molar-refractivity contribution in [3.05, 3.63) is 34.6 Å². The maximum absolute atomic E-state index is 13.2. The Morgan fingerprint density at radius 3 is 2.63 bits per heavy atom. The molecule has 0 aromatic heterocycles. The van der Waals surface area contributed by atoms with E-state index < -0.39 is 17.3 Å². The summed E-state index contributed by atoms with van der Waals surface area (Å²) in [6.07, 6.45) is 0. The van der Waals surface area contributed by atoms with Crippen molar-refractivity contribution in [2.24, 2.45) is 5.73 Å². The van der Waals surface area contributed by atoms with Crippen molar-refractivity contribution < 1.29 is 9.18 Å². The molecule has 1 amide bonds. The molecule has 0 aliphatic heterocycles. The number of carbonyl (C=O) groups is 1. The SMILES string of the molecule is CN(C)CCNC(C)(C(N)=O)c1ccc(F)c(Cl)c1. The first kappa shape index (κ1) is 15.9. The van der Waals surface area contributed by atoms with Crippen LogP contribution in [0.1, 0.15) is 12.5 Å². The molecule has 0 heterocycles. The third-order valence-corrected chi connectivity index (χ3v) is 3.32. The van der Waals surface area contributed by atoms with Gasteiger partial charge in [0, 0.05) is 13.1 Å². The standard InChI is InChI=1S/C13H19ClFN3O/c1-13(12(16)19,17-6-7-18(2)3)9-4-5-11(15)10(14)8-9/h4-5,8,17H,6-7H2,1-3H3,(H2,16,19). The molecule has 19 heavy (non-hydrogen) atoms. The van der Waals surface area contributed by atoms with Crippen LogP contribution in [0.5, 0.6) is 0 Å². The zero-order chi connectivity index (χ0) is 14.6. The van der Waals surface area contributed by atoms with Gasteiger partial charge in [0.05, 0.1) is 5.02 Å². The predicted octanol–water partition coefficient (Wildman–Crippen LogP) is 1.33. The van der Waals surface area contributed by atoms with E-state index in [9.17, 15) is 9.18 Å². The van der Waals surface area contributed by atoms with Crippen LogP contribution >= 0.6 is 11.6 Å². The highest BCUT2D eigenvalue weighted by Gasteiger charge is 2.33. The van der Waals surface area contributed by atoms with E-state index in [1.54, 1.807) is 6.92 Å². The van der Waals surface area contributed by atoms with Crippen LogP contribution in [0, 0.1) is 5.82 Å². The second-order valence-electron chi connectivity index (χ2n) is 4.85. The fourth-order valence-corrected chi connectivity index (χ4v) is 1.85. The van der Waals surface area contributed by atoms with E-state index in [1.165, 1.54) is 18.2 Å². The Hall–Kier alpha value is -1.17. The van der Waals surface area contributed by atoms with Gasteiger partial charge in [-0.2, -0.15) is 0 Å². The number of amides is 1. The van der Waals surface area contributed by atoms with Crippen molar-refractivity contribution in [3.8, 4) is 0 Å². The van der Waals surface area contributed by atoms with Gasteiger partial charge in [0.15, 0.2) is 0 Å². The molecule has 1 aromatic rings. The van der Waals surface area contributed by atoms with Crippen LogP contribution in [-0.4, -0.2) is 38.0 Å². The first-order chi connectivity index (χ1) is 8.77. The fourth-order valence-electron chi connectivity index (χ4n) is 1.67. The number of primary amides is 1. The van der Waals surface area contributed by atoms with Gasteiger partial charge < -0.3 is 10.6 Å². The van der Waals surface area contributed by atoms with Crippen molar-refractivity contribution in [1.82, 2.24) is 10.2 Å². The summed E-state index contributed by atoms with van der Waals surface area (Å²) in [4.78, 5) is 13.7. The van der Waals surface area contributed by atoms with Gasteiger partial charge in [0.25, 0.3) is 0 Å². The third kappa shape index (κ3) is 3.89. The number of hydrogen-bond donors (Lipinski definition) is 2. The molecule has 0 saturated heterocycles. The Balaban J connectivity index is 2.97. The van der Waals surface area contributed by atoms with Gasteiger partial charge in [-0.15, -0.1) is 0 Å². The quantitative estimate of drug-likeness (QED) is 0.830. The van der Waals surface area contributed by atoms with Gasteiger partial charge >= 0.3 is 0 Å². The van der Waals surface area contributed by atoms with E-state index in [2.05, 4.69) is 5.32 Å². The van der Waals surface area contributed by atoms with Gasteiger partial charge in [-0.05, 0) is 38.7 Å².